The molecule has 3 rings (SSSR count). The quantitative estimate of drug-likeness (QED) is 0.768. The van der Waals surface area contributed by atoms with E-state index in [0.717, 1.165) is 23.1 Å². The third-order valence-electron chi connectivity index (χ3n) is 2.81. The van der Waals surface area contributed by atoms with Crippen molar-refractivity contribution < 1.29 is 4.57 Å². The monoisotopic (exact) mass is 283 g/mol. The van der Waals surface area contributed by atoms with Gasteiger partial charge in [-0.3, -0.25) is 0 Å². The van der Waals surface area contributed by atoms with Crippen LogP contribution in [0.5, 0.6) is 0 Å². The predicted octanol–water partition coefficient (Wildman–Crippen LogP) is 3.30. The number of imidazole rings is 1. The van der Waals surface area contributed by atoms with Crippen molar-refractivity contribution in [2.75, 3.05) is 5.75 Å². The summed E-state index contributed by atoms with van der Waals surface area (Å²) in [5, 5.41) is 4.15. The molecule has 5 heteroatoms. The second-order valence-electron chi connectivity index (χ2n) is 3.87. The van der Waals surface area contributed by atoms with E-state index in [0.29, 0.717) is 0 Å². The number of hydrogen-bond acceptors (Lipinski definition) is 2. The van der Waals surface area contributed by atoms with E-state index in [4.69, 9.17) is 11.6 Å². The van der Waals surface area contributed by atoms with E-state index in [1.807, 2.05) is 18.8 Å². The van der Waals surface area contributed by atoms with Crippen LogP contribution in [0.1, 0.15) is 10.6 Å². The van der Waals surface area contributed by atoms with Crippen LogP contribution in [0.25, 0.3) is 12.2 Å². The molecule has 2 aromatic heterocycles. The molecule has 0 spiro atoms. The van der Waals surface area contributed by atoms with Crippen LogP contribution in [-0.4, -0.2) is 10.3 Å². The van der Waals surface area contributed by atoms with Gasteiger partial charge in [-0.1, -0.05) is 6.07 Å². The SMILES string of the molecule is Cn1c(Cl)c(/C=C/c2cccs2)[n+]2c1SCC2. The molecular formula is C12H12ClN2S2+. The first-order chi connectivity index (χ1) is 8.27. The lowest BCUT2D eigenvalue weighted by Gasteiger charge is -1.90. The summed E-state index contributed by atoms with van der Waals surface area (Å²) < 4.78 is 4.35. The first-order valence-electron chi connectivity index (χ1n) is 5.40. The molecule has 0 unspecified atom stereocenters. The van der Waals surface area contributed by atoms with Crippen LogP contribution < -0.4 is 4.57 Å². The van der Waals surface area contributed by atoms with E-state index in [1.165, 1.54) is 10.0 Å². The molecule has 88 valence electrons. The van der Waals surface area contributed by atoms with E-state index in [2.05, 4.69) is 38.8 Å². The van der Waals surface area contributed by atoms with Crippen LogP contribution >= 0.6 is 34.7 Å². The zero-order valence-corrected chi connectivity index (χ0v) is 11.8. The maximum absolute atomic E-state index is 6.35. The average molecular weight is 284 g/mol. The number of fused-ring (bicyclic) bond motifs is 1. The molecule has 0 saturated carbocycles. The fourth-order valence-electron chi connectivity index (χ4n) is 1.98. The third-order valence-corrected chi connectivity index (χ3v) is 5.23. The van der Waals surface area contributed by atoms with Gasteiger partial charge in [0.25, 0.3) is 0 Å². The van der Waals surface area contributed by atoms with Crippen LogP contribution in [0, 0.1) is 0 Å². The predicted molar refractivity (Wildman–Crippen MR) is 74.6 cm³/mol. The summed E-state index contributed by atoms with van der Waals surface area (Å²) in [4.78, 5) is 1.25. The lowest BCUT2D eigenvalue weighted by atomic mass is 10.3. The number of halogens is 1. The fourth-order valence-corrected chi connectivity index (χ4v) is 3.98. The van der Waals surface area contributed by atoms with Crippen LogP contribution in [0.3, 0.4) is 0 Å². The molecule has 0 radical (unpaired) electrons. The highest BCUT2D eigenvalue weighted by atomic mass is 35.5. The Labute approximate surface area is 114 Å². The molecular weight excluding hydrogens is 272 g/mol. The van der Waals surface area contributed by atoms with Gasteiger partial charge in [-0.25, -0.2) is 9.13 Å². The number of hydrogen-bond donors (Lipinski definition) is 0. The highest BCUT2D eigenvalue weighted by Gasteiger charge is 2.30. The molecule has 0 aliphatic carbocycles. The first-order valence-corrected chi connectivity index (χ1v) is 7.64. The zero-order chi connectivity index (χ0) is 11.8. The molecule has 1 aliphatic rings. The van der Waals surface area contributed by atoms with E-state index >= 15 is 0 Å². The van der Waals surface area contributed by atoms with Gasteiger partial charge in [-0.05, 0) is 47.0 Å². The molecule has 0 aromatic carbocycles. The summed E-state index contributed by atoms with van der Waals surface area (Å²) in [6.45, 7) is 1.05. The molecule has 0 amide bonds. The smallest absolute Gasteiger partial charge is 0.216 e. The molecule has 0 N–H and O–H groups in total. The Morgan fingerprint density at radius 1 is 1.47 bits per heavy atom. The van der Waals surface area contributed by atoms with Crippen molar-refractivity contribution in [1.82, 2.24) is 4.57 Å². The molecule has 0 fully saturated rings. The van der Waals surface area contributed by atoms with Gasteiger partial charge in [-0.2, -0.15) is 0 Å². The minimum atomic E-state index is 0.819. The Kier molecular flexibility index (Phi) is 3.03. The van der Waals surface area contributed by atoms with E-state index in [9.17, 15) is 0 Å². The Balaban J connectivity index is 2.01. The molecule has 2 aromatic rings. The highest BCUT2D eigenvalue weighted by molar-refractivity contribution is 7.99. The molecule has 3 heterocycles. The highest BCUT2D eigenvalue weighted by Crippen LogP contribution is 2.27. The van der Waals surface area contributed by atoms with Gasteiger partial charge in [0.15, 0.2) is 5.69 Å². The summed E-state index contributed by atoms with van der Waals surface area (Å²) >= 11 is 9.95. The normalized spacial score (nSPS) is 14.7. The maximum atomic E-state index is 6.35. The van der Waals surface area contributed by atoms with Gasteiger partial charge < -0.3 is 0 Å². The summed E-state index contributed by atoms with van der Waals surface area (Å²) in [5.74, 6) is 1.14. The van der Waals surface area contributed by atoms with Gasteiger partial charge in [0.2, 0.25) is 5.15 Å². The molecule has 0 bridgehead atoms. The maximum Gasteiger partial charge on any atom is 0.319 e. The third kappa shape index (κ3) is 1.94. The molecule has 17 heavy (non-hydrogen) atoms. The second kappa shape index (κ2) is 4.52. The largest absolute Gasteiger partial charge is 0.319 e. The van der Waals surface area contributed by atoms with E-state index < -0.39 is 0 Å². The summed E-state index contributed by atoms with van der Waals surface area (Å²) in [6.07, 6.45) is 4.24. The number of rotatable bonds is 2. The van der Waals surface area contributed by atoms with Crippen molar-refractivity contribution in [3.63, 3.8) is 0 Å². The number of thioether (sulfide) groups is 1. The first kappa shape index (κ1) is 11.4. The minimum absolute atomic E-state index is 0.819. The Hall–Kier alpha value is -0.710. The van der Waals surface area contributed by atoms with Gasteiger partial charge in [-0.15, -0.1) is 11.3 Å². The van der Waals surface area contributed by atoms with Gasteiger partial charge >= 0.3 is 5.16 Å². The molecule has 2 nitrogen and oxygen atoms in total. The second-order valence-corrected chi connectivity index (χ2v) is 6.27. The lowest BCUT2D eigenvalue weighted by molar-refractivity contribution is -0.725. The molecule has 1 aliphatic heterocycles. The van der Waals surface area contributed by atoms with E-state index in [-0.39, 0.29) is 0 Å². The van der Waals surface area contributed by atoms with Crippen molar-refractivity contribution >= 4 is 46.9 Å². The fraction of sp³-hybridized carbons (Fsp3) is 0.250. The topological polar surface area (TPSA) is 8.81 Å². The van der Waals surface area contributed by atoms with Crippen molar-refractivity contribution in [3.8, 4) is 0 Å². The number of thiophene rings is 1. The summed E-state index contributed by atoms with van der Waals surface area (Å²) in [6, 6.07) is 4.17. The minimum Gasteiger partial charge on any atom is -0.216 e. The van der Waals surface area contributed by atoms with Crippen LogP contribution in [-0.2, 0) is 13.6 Å². The summed E-state index contributed by atoms with van der Waals surface area (Å²) in [5.41, 5.74) is 1.11. The van der Waals surface area contributed by atoms with Gasteiger partial charge in [0, 0.05) is 10.6 Å². The van der Waals surface area contributed by atoms with E-state index in [1.54, 1.807) is 11.3 Å². The van der Waals surface area contributed by atoms with Crippen molar-refractivity contribution in [3.05, 3.63) is 33.2 Å². The van der Waals surface area contributed by atoms with Crippen molar-refractivity contribution in [2.24, 2.45) is 7.05 Å². The van der Waals surface area contributed by atoms with Gasteiger partial charge in [0.1, 0.15) is 6.54 Å². The zero-order valence-electron chi connectivity index (χ0n) is 9.39. The Morgan fingerprint density at radius 2 is 2.35 bits per heavy atom. The van der Waals surface area contributed by atoms with Crippen molar-refractivity contribution in [2.45, 2.75) is 11.7 Å². The number of aromatic nitrogens is 2. The Bertz CT molecular complexity index is 570. The van der Waals surface area contributed by atoms with Crippen LogP contribution in [0.2, 0.25) is 5.15 Å². The summed E-state index contributed by atoms with van der Waals surface area (Å²) in [7, 11) is 2.02. The van der Waals surface area contributed by atoms with Gasteiger partial charge in [0.05, 0.1) is 7.05 Å². The molecule has 0 saturated heterocycles. The Morgan fingerprint density at radius 3 is 3.12 bits per heavy atom. The van der Waals surface area contributed by atoms with Crippen LogP contribution in [0.4, 0.5) is 0 Å². The van der Waals surface area contributed by atoms with Crippen molar-refractivity contribution in [1.29, 1.82) is 0 Å². The van der Waals surface area contributed by atoms with Crippen LogP contribution in [0.15, 0.2) is 22.7 Å². The lowest BCUT2D eigenvalue weighted by Crippen LogP contribution is -2.34. The average Bonchev–Trinajstić information content (AvgIpc) is 3.00. The standard InChI is InChI=1S/C12H12ClN2S2/c1-14-11(13)10(15-6-8-17-12(14)15)5-4-9-3-2-7-16-9/h2-5,7H,6,8H2,1H3/q+1/b5-4+. The molecule has 0 atom stereocenters. The number of nitrogens with zero attached hydrogens (tertiary/aromatic N) is 2.